The van der Waals surface area contributed by atoms with Gasteiger partial charge in [-0.25, -0.2) is 9.67 Å². The Balaban J connectivity index is 1.44. The summed E-state index contributed by atoms with van der Waals surface area (Å²) in [6.07, 6.45) is 7.53. The molecule has 0 aliphatic heterocycles. The summed E-state index contributed by atoms with van der Waals surface area (Å²) in [5.41, 5.74) is 3.78. The van der Waals surface area contributed by atoms with E-state index in [-0.39, 0.29) is 0 Å². The molecule has 1 atom stereocenters. The maximum atomic E-state index is 12.4. The highest BCUT2D eigenvalue weighted by Gasteiger charge is 2.07. The van der Waals surface area contributed by atoms with Crippen LogP contribution in [0.5, 0.6) is 0 Å². The highest BCUT2D eigenvalue weighted by atomic mass is 32.2. The van der Waals surface area contributed by atoms with Gasteiger partial charge < -0.3 is 4.40 Å². The molecule has 4 rings (SSSR count). The Morgan fingerprint density at radius 3 is 2.58 bits per heavy atom. The third-order valence-electron chi connectivity index (χ3n) is 3.76. The Morgan fingerprint density at radius 1 is 0.958 bits per heavy atom. The number of hydrogen-bond acceptors (Lipinski definition) is 3. The number of pyridine rings is 1. The number of nitrogens with zero attached hydrogens (tertiary/aromatic N) is 4. The largest absolute Gasteiger partial charge is 0.307 e. The minimum Gasteiger partial charge on any atom is -0.307 e. The van der Waals surface area contributed by atoms with Gasteiger partial charge in [0.1, 0.15) is 5.65 Å². The topological polar surface area (TPSA) is 52.2 Å². The van der Waals surface area contributed by atoms with Gasteiger partial charge in [0, 0.05) is 41.3 Å². The van der Waals surface area contributed by atoms with Gasteiger partial charge in [-0.1, -0.05) is 18.2 Å². The summed E-state index contributed by atoms with van der Waals surface area (Å²) >= 11 is 0. The van der Waals surface area contributed by atoms with Gasteiger partial charge in [0.15, 0.2) is 0 Å². The highest BCUT2D eigenvalue weighted by molar-refractivity contribution is 7.83. The average molecular weight is 336 g/mol. The molecule has 0 N–H and O–H groups in total. The van der Waals surface area contributed by atoms with Gasteiger partial charge in [0.05, 0.1) is 17.1 Å². The second kappa shape index (κ2) is 6.41. The van der Waals surface area contributed by atoms with Crippen LogP contribution in [-0.4, -0.2) is 23.4 Å². The number of hydrogen-bond donors (Lipinski definition) is 0. The number of rotatable bonds is 5. The summed E-state index contributed by atoms with van der Waals surface area (Å²) in [6, 6.07) is 15.7. The third-order valence-corrected chi connectivity index (χ3v) is 5.03. The van der Waals surface area contributed by atoms with E-state index in [0.29, 0.717) is 11.5 Å². The van der Waals surface area contributed by atoms with Crippen molar-refractivity contribution in [1.82, 2.24) is 19.2 Å². The Bertz CT molecular complexity index is 941. The molecule has 4 aromatic rings. The quantitative estimate of drug-likeness (QED) is 0.563. The minimum atomic E-state index is -0.990. The molecule has 0 spiro atoms. The molecule has 0 bridgehead atoms. The van der Waals surface area contributed by atoms with Crippen molar-refractivity contribution >= 4 is 16.4 Å². The average Bonchev–Trinajstić information content (AvgIpc) is 3.24. The number of benzene rings is 1. The van der Waals surface area contributed by atoms with Gasteiger partial charge in [-0.15, -0.1) is 0 Å². The second-order valence-electron chi connectivity index (χ2n) is 5.54. The van der Waals surface area contributed by atoms with Crippen molar-refractivity contribution in [3.63, 3.8) is 0 Å². The summed E-state index contributed by atoms with van der Waals surface area (Å²) in [6.45, 7) is 0. The van der Waals surface area contributed by atoms with Gasteiger partial charge in [-0.3, -0.25) is 4.21 Å². The Hall–Kier alpha value is -2.73. The lowest BCUT2D eigenvalue weighted by Gasteiger charge is -2.04. The summed E-state index contributed by atoms with van der Waals surface area (Å²) in [4.78, 5) is 4.50. The lowest BCUT2D eigenvalue weighted by Crippen LogP contribution is -2.00. The van der Waals surface area contributed by atoms with Crippen LogP contribution in [0.4, 0.5) is 0 Å². The van der Waals surface area contributed by atoms with Crippen LogP contribution in [0.3, 0.4) is 0 Å². The molecule has 0 amide bonds. The maximum Gasteiger partial charge on any atom is 0.137 e. The molecule has 3 aromatic heterocycles. The van der Waals surface area contributed by atoms with Crippen molar-refractivity contribution in [2.45, 2.75) is 11.5 Å². The third kappa shape index (κ3) is 3.14. The molecule has 0 saturated heterocycles. The van der Waals surface area contributed by atoms with Gasteiger partial charge >= 0.3 is 0 Å². The number of aromatic nitrogens is 4. The maximum absolute atomic E-state index is 12.4. The number of imidazole rings is 1. The minimum absolute atomic E-state index is 0.461. The number of fused-ring (bicyclic) bond motifs is 1. The molecule has 0 fully saturated rings. The normalized spacial score (nSPS) is 12.5. The fourth-order valence-corrected chi connectivity index (χ4v) is 3.76. The van der Waals surface area contributed by atoms with Crippen molar-refractivity contribution in [2.75, 3.05) is 0 Å². The summed E-state index contributed by atoms with van der Waals surface area (Å²) < 4.78 is 16.2. The van der Waals surface area contributed by atoms with Gasteiger partial charge in [-0.2, -0.15) is 5.10 Å². The molecule has 5 nitrogen and oxygen atoms in total. The first-order valence-corrected chi connectivity index (χ1v) is 9.13. The van der Waals surface area contributed by atoms with Crippen LogP contribution in [0, 0.1) is 0 Å². The second-order valence-corrected chi connectivity index (χ2v) is 7.00. The van der Waals surface area contributed by atoms with E-state index in [2.05, 4.69) is 10.1 Å². The Labute approximate surface area is 142 Å². The van der Waals surface area contributed by atoms with E-state index in [1.54, 1.807) is 10.9 Å². The first-order valence-electron chi connectivity index (χ1n) is 7.64. The summed E-state index contributed by atoms with van der Waals surface area (Å²) in [5.74, 6) is 0.982. The molecule has 3 heterocycles. The molecule has 0 aliphatic carbocycles. The molecular formula is C18H16N4OS. The van der Waals surface area contributed by atoms with Crippen LogP contribution in [0.2, 0.25) is 0 Å². The Kier molecular flexibility index (Phi) is 3.96. The predicted molar refractivity (Wildman–Crippen MR) is 94.3 cm³/mol. The van der Waals surface area contributed by atoms with Crippen molar-refractivity contribution in [3.05, 3.63) is 84.6 Å². The van der Waals surface area contributed by atoms with E-state index in [1.165, 1.54) is 0 Å². The molecular weight excluding hydrogens is 320 g/mol. The smallest absolute Gasteiger partial charge is 0.137 e. The zero-order valence-corrected chi connectivity index (χ0v) is 13.8. The SMILES string of the molecule is O=[S@@](Cc1ccc(-n2cccn2)cc1)Cc1cn2ccccc2n1. The lowest BCUT2D eigenvalue weighted by atomic mass is 10.2. The molecule has 120 valence electrons. The monoisotopic (exact) mass is 336 g/mol. The van der Waals surface area contributed by atoms with Crippen LogP contribution in [0.15, 0.2) is 73.3 Å². The van der Waals surface area contributed by atoms with Gasteiger partial charge in [0.25, 0.3) is 0 Å². The van der Waals surface area contributed by atoms with Crippen molar-refractivity contribution in [2.24, 2.45) is 0 Å². The fraction of sp³-hybridized carbons (Fsp3) is 0.111. The molecule has 6 heteroatoms. The van der Waals surface area contributed by atoms with Crippen molar-refractivity contribution in [3.8, 4) is 5.69 Å². The van der Waals surface area contributed by atoms with Crippen LogP contribution in [0.1, 0.15) is 11.3 Å². The van der Waals surface area contributed by atoms with E-state index in [1.807, 2.05) is 71.5 Å². The molecule has 0 saturated carbocycles. The zero-order chi connectivity index (χ0) is 16.4. The van der Waals surface area contributed by atoms with Crippen molar-refractivity contribution in [1.29, 1.82) is 0 Å². The molecule has 0 aliphatic rings. The molecule has 0 radical (unpaired) electrons. The standard InChI is InChI=1S/C18H16N4OS/c23-24(14-16-12-21-10-2-1-4-18(21)20-16)13-15-5-7-17(8-6-15)22-11-3-9-19-22/h1-12H,13-14H2/t24-/m0/s1. The molecule has 1 aromatic carbocycles. The lowest BCUT2D eigenvalue weighted by molar-refractivity contribution is 0.681. The Morgan fingerprint density at radius 2 is 1.83 bits per heavy atom. The van der Waals surface area contributed by atoms with Gasteiger partial charge in [-0.05, 0) is 35.9 Å². The van der Waals surface area contributed by atoms with E-state index in [9.17, 15) is 4.21 Å². The van der Waals surface area contributed by atoms with E-state index in [0.717, 1.165) is 22.6 Å². The summed E-state index contributed by atoms with van der Waals surface area (Å²) in [5, 5.41) is 4.20. The highest BCUT2D eigenvalue weighted by Crippen LogP contribution is 2.13. The van der Waals surface area contributed by atoms with Crippen LogP contribution >= 0.6 is 0 Å². The first kappa shape index (κ1) is 14.8. The summed E-state index contributed by atoms with van der Waals surface area (Å²) in [7, 11) is -0.990. The van der Waals surface area contributed by atoms with Crippen LogP contribution in [0.25, 0.3) is 11.3 Å². The van der Waals surface area contributed by atoms with E-state index < -0.39 is 10.8 Å². The predicted octanol–water partition coefficient (Wildman–Crippen LogP) is 2.97. The van der Waals surface area contributed by atoms with Crippen molar-refractivity contribution < 1.29 is 4.21 Å². The molecule has 24 heavy (non-hydrogen) atoms. The van der Waals surface area contributed by atoms with E-state index >= 15 is 0 Å². The fourth-order valence-electron chi connectivity index (χ4n) is 2.63. The molecule has 0 unspecified atom stereocenters. The first-order chi connectivity index (χ1) is 11.8. The van der Waals surface area contributed by atoms with Crippen LogP contribution < -0.4 is 0 Å². The van der Waals surface area contributed by atoms with Gasteiger partial charge in [0.2, 0.25) is 0 Å². The zero-order valence-electron chi connectivity index (χ0n) is 12.9. The van der Waals surface area contributed by atoms with E-state index in [4.69, 9.17) is 0 Å². The van der Waals surface area contributed by atoms with Crippen LogP contribution in [-0.2, 0) is 22.3 Å².